The molecule has 10 heteroatoms. The van der Waals surface area contributed by atoms with Crippen LogP contribution in [0.3, 0.4) is 0 Å². The van der Waals surface area contributed by atoms with Crippen LogP contribution in [0.1, 0.15) is 51.5 Å². The molecule has 4 amide bonds. The van der Waals surface area contributed by atoms with E-state index in [9.17, 15) is 19.5 Å². The molecule has 228 valence electrons. The molecule has 2 aromatic rings. The van der Waals surface area contributed by atoms with Crippen molar-refractivity contribution in [2.75, 3.05) is 44.5 Å². The highest BCUT2D eigenvalue weighted by Crippen LogP contribution is 2.31. The number of carbonyl (C=O) groups is 3. The van der Waals surface area contributed by atoms with Gasteiger partial charge in [0, 0.05) is 42.4 Å². The summed E-state index contributed by atoms with van der Waals surface area (Å²) in [6.45, 7) is 4.25. The average Bonchev–Trinajstić information content (AvgIpc) is 3.04. The minimum absolute atomic E-state index is 0.00701. The summed E-state index contributed by atoms with van der Waals surface area (Å²) in [5, 5.41) is 15.8. The fourth-order valence-corrected chi connectivity index (χ4v) is 5.58. The van der Waals surface area contributed by atoms with Gasteiger partial charge in [-0.05, 0) is 62.2 Å². The fraction of sp³-hybridized carbons (Fsp3) is 0.531. The molecule has 42 heavy (non-hydrogen) atoms. The summed E-state index contributed by atoms with van der Waals surface area (Å²) < 4.78 is 11.7. The Kier molecular flexibility index (Phi) is 10.7. The van der Waals surface area contributed by atoms with Crippen LogP contribution in [0.4, 0.5) is 16.2 Å². The maximum absolute atomic E-state index is 13.5. The van der Waals surface area contributed by atoms with Crippen molar-refractivity contribution in [2.24, 2.45) is 11.8 Å². The smallest absolute Gasteiger partial charge is 0.321 e. The number of likely N-dealkylation sites (N-methyl/N-ethyl adjacent to an activating group) is 1. The molecule has 3 N–H and O–H groups in total. The number of nitrogens with zero attached hydrogens (tertiary/aromatic N) is 2. The number of aliphatic hydroxyl groups excluding tert-OH is 1. The number of benzene rings is 2. The number of ether oxygens (including phenoxy) is 2. The van der Waals surface area contributed by atoms with Gasteiger partial charge in [0.15, 0.2) is 0 Å². The van der Waals surface area contributed by atoms with Gasteiger partial charge in [0.1, 0.15) is 17.6 Å². The predicted octanol–water partition coefficient (Wildman–Crippen LogP) is 4.53. The standard InChI is InChI=1S/C32H44N4O6/c1-21-18-36(22(2)20-37)30(38)17-24-16-26(33-31(39)23-8-6-5-7-9-23)12-15-28(24)42-29(21)19-35(3)32(40)34-25-10-13-27(41-4)14-11-25/h10-16,21-23,29,37H,5-9,17-20H2,1-4H3,(H,33,39)(H,34,40)/t21-,22-,29+/m1/s1. The molecule has 1 fully saturated rings. The van der Waals surface area contributed by atoms with Crippen LogP contribution < -0.4 is 20.1 Å². The van der Waals surface area contributed by atoms with E-state index in [1.165, 1.54) is 6.42 Å². The Morgan fingerprint density at radius 3 is 2.45 bits per heavy atom. The first-order valence-electron chi connectivity index (χ1n) is 14.9. The topological polar surface area (TPSA) is 120 Å². The van der Waals surface area contributed by atoms with Gasteiger partial charge in [0.25, 0.3) is 0 Å². The second-order valence-corrected chi connectivity index (χ2v) is 11.6. The van der Waals surface area contributed by atoms with Crippen LogP contribution in [0.2, 0.25) is 0 Å². The van der Waals surface area contributed by atoms with Crippen molar-refractivity contribution in [3.63, 3.8) is 0 Å². The van der Waals surface area contributed by atoms with Crippen LogP contribution in [-0.4, -0.2) is 78.8 Å². The molecular formula is C32H44N4O6. The van der Waals surface area contributed by atoms with Crippen LogP contribution in [0.25, 0.3) is 0 Å². The SMILES string of the molecule is COc1ccc(NC(=O)N(C)C[C@@H]2Oc3ccc(NC(=O)C4CCCCC4)cc3CC(=O)N([C@H](C)CO)C[C@H]2C)cc1. The van der Waals surface area contributed by atoms with Crippen LogP contribution in [-0.2, 0) is 16.0 Å². The molecule has 2 aromatic carbocycles. The Bertz CT molecular complexity index is 1230. The van der Waals surface area contributed by atoms with Crippen molar-refractivity contribution in [3.05, 3.63) is 48.0 Å². The Labute approximate surface area is 248 Å². The summed E-state index contributed by atoms with van der Waals surface area (Å²) >= 11 is 0. The lowest BCUT2D eigenvalue weighted by atomic mass is 9.88. The second-order valence-electron chi connectivity index (χ2n) is 11.6. The Morgan fingerprint density at radius 2 is 1.79 bits per heavy atom. The number of amides is 4. The maximum Gasteiger partial charge on any atom is 0.321 e. The van der Waals surface area contributed by atoms with Crippen molar-refractivity contribution in [2.45, 2.75) is 64.5 Å². The number of hydrogen-bond donors (Lipinski definition) is 3. The predicted molar refractivity (Wildman–Crippen MR) is 162 cm³/mol. The lowest BCUT2D eigenvalue weighted by molar-refractivity contribution is -0.134. The monoisotopic (exact) mass is 580 g/mol. The van der Waals surface area contributed by atoms with Gasteiger partial charge < -0.3 is 35.0 Å². The first kappa shape index (κ1) is 31.2. The first-order valence-corrected chi connectivity index (χ1v) is 14.9. The first-order chi connectivity index (χ1) is 20.2. The summed E-state index contributed by atoms with van der Waals surface area (Å²) in [4.78, 5) is 42.7. The van der Waals surface area contributed by atoms with E-state index >= 15 is 0 Å². The lowest BCUT2D eigenvalue weighted by Gasteiger charge is -2.34. The Hall–Kier alpha value is -3.79. The molecule has 4 rings (SSSR count). The molecule has 0 unspecified atom stereocenters. The average molecular weight is 581 g/mol. The summed E-state index contributed by atoms with van der Waals surface area (Å²) in [7, 11) is 3.29. The van der Waals surface area contributed by atoms with E-state index in [2.05, 4.69) is 10.6 Å². The molecule has 2 aliphatic rings. The quantitative estimate of drug-likeness (QED) is 0.422. The molecule has 0 spiro atoms. The van der Waals surface area contributed by atoms with Gasteiger partial charge in [-0.1, -0.05) is 26.2 Å². The number of nitrogens with one attached hydrogen (secondary N) is 2. The molecule has 0 bridgehead atoms. The van der Waals surface area contributed by atoms with Crippen molar-refractivity contribution in [3.8, 4) is 11.5 Å². The third-order valence-electron chi connectivity index (χ3n) is 8.30. The summed E-state index contributed by atoms with van der Waals surface area (Å²) in [6, 6.07) is 11.8. The number of hydrogen-bond acceptors (Lipinski definition) is 6. The third-order valence-corrected chi connectivity index (χ3v) is 8.30. The summed E-state index contributed by atoms with van der Waals surface area (Å²) in [5.41, 5.74) is 1.92. The zero-order chi connectivity index (χ0) is 30.2. The Morgan fingerprint density at radius 1 is 1.10 bits per heavy atom. The van der Waals surface area contributed by atoms with Crippen LogP contribution in [0.5, 0.6) is 11.5 Å². The minimum atomic E-state index is -0.447. The molecule has 1 heterocycles. The van der Waals surface area contributed by atoms with Crippen molar-refractivity contribution in [1.82, 2.24) is 9.80 Å². The van der Waals surface area contributed by atoms with Crippen molar-refractivity contribution in [1.29, 1.82) is 0 Å². The van der Waals surface area contributed by atoms with E-state index in [4.69, 9.17) is 9.47 Å². The zero-order valence-corrected chi connectivity index (χ0v) is 25.1. The fourth-order valence-electron chi connectivity index (χ4n) is 5.58. The largest absolute Gasteiger partial charge is 0.497 e. The molecule has 0 radical (unpaired) electrons. The van der Waals surface area contributed by atoms with E-state index in [0.717, 1.165) is 25.7 Å². The molecule has 10 nitrogen and oxygen atoms in total. The van der Waals surface area contributed by atoms with E-state index in [-0.39, 0.29) is 55.3 Å². The Balaban J connectivity index is 1.54. The molecule has 1 aliphatic heterocycles. The minimum Gasteiger partial charge on any atom is -0.497 e. The van der Waals surface area contributed by atoms with Gasteiger partial charge in [-0.25, -0.2) is 4.79 Å². The van der Waals surface area contributed by atoms with Gasteiger partial charge in [0.2, 0.25) is 11.8 Å². The highest BCUT2D eigenvalue weighted by molar-refractivity contribution is 5.93. The zero-order valence-electron chi connectivity index (χ0n) is 25.1. The normalized spacial score (nSPS) is 20.2. The maximum atomic E-state index is 13.5. The van der Waals surface area contributed by atoms with Gasteiger partial charge >= 0.3 is 6.03 Å². The second kappa shape index (κ2) is 14.4. The number of methoxy groups -OCH3 is 1. The number of anilines is 2. The molecular weight excluding hydrogens is 536 g/mol. The highest BCUT2D eigenvalue weighted by Gasteiger charge is 2.32. The molecule has 3 atom stereocenters. The number of fused-ring (bicyclic) bond motifs is 1. The van der Waals surface area contributed by atoms with E-state index in [0.29, 0.717) is 35.0 Å². The van der Waals surface area contributed by atoms with Crippen LogP contribution in [0, 0.1) is 11.8 Å². The molecule has 0 aromatic heterocycles. The molecule has 0 saturated heterocycles. The number of carbonyl (C=O) groups excluding carboxylic acids is 3. The summed E-state index contributed by atoms with van der Waals surface area (Å²) in [5.74, 6) is 0.967. The number of rotatable bonds is 8. The van der Waals surface area contributed by atoms with Gasteiger partial charge in [-0.3, -0.25) is 9.59 Å². The van der Waals surface area contributed by atoms with Crippen molar-refractivity contribution < 1.29 is 29.0 Å². The van der Waals surface area contributed by atoms with Gasteiger partial charge in [-0.2, -0.15) is 0 Å². The van der Waals surface area contributed by atoms with Crippen LogP contribution in [0.15, 0.2) is 42.5 Å². The number of urea groups is 1. The van der Waals surface area contributed by atoms with E-state index < -0.39 is 6.10 Å². The summed E-state index contributed by atoms with van der Waals surface area (Å²) in [6.07, 6.45) is 4.71. The third kappa shape index (κ3) is 7.94. The van der Waals surface area contributed by atoms with Gasteiger partial charge in [0.05, 0.1) is 32.7 Å². The molecule has 1 aliphatic carbocycles. The number of aliphatic hydroxyl groups is 1. The van der Waals surface area contributed by atoms with Gasteiger partial charge in [-0.15, -0.1) is 0 Å². The molecule has 1 saturated carbocycles. The van der Waals surface area contributed by atoms with Crippen molar-refractivity contribution >= 4 is 29.2 Å². The lowest BCUT2D eigenvalue weighted by Crippen LogP contribution is -2.48. The highest BCUT2D eigenvalue weighted by atomic mass is 16.5. The van der Waals surface area contributed by atoms with E-state index in [1.807, 2.05) is 19.9 Å². The van der Waals surface area contributed by atoms with Crippen LogP contribution >= 0.6 is 0 Å². The van der Waals surface area contributed by atoms with E-state index in [1.54, 1.807) is 60.4 Å².